The summed E-state index contributed by atoms with van der Waals surface area (Å²) in [4.78, 5) is 10.2. The Morgan fingerprint density at radius 1 is 1.58 bits per heavy atom. The number of nitrogens with zero attached hydrogens (tertiary/aromatic N) is 1. The molecule has 0 amide bonds. The van der Waals surface area contributed by atoms with Crippen LogP contribution in [0.1, 0.15) is 6.42 Å². The summed E-state index contributed by atoms with van der Waals surface area (Å²) in [6, 6.07) is 1.87. The zero-order valence-electron chi connectivity index (χ0n) is 9.88. The number of benzene rings is 1. The molecule has 0 spiro atoms. The SMILES string of the molecule is COC1C(O)CC1Oc1c(Br)cc(F)cc1[N+](=O)[O-]. The number of rotatable bonds is 4. The largest absolute Gasteiger partial charge is 0.480 e. The van der Waals surface area contributed by atoms with E-state index in [1.165, 1.54) is 7.11 Å². The topological polar surface area (TPSA) is 81.8 Å². The van der Waals surface area contributed by atoms with E-state index in [1.54, 1.807) is 0 Å². The van der Waals surface area contributed by atoms with Gasteiger partial charge in [-0.15, -0.1) is 0 Å². The molecule has 3 unspecified atom stereocenters. The highest BCUT2D eigenvalue weighted by molar-refractivity contribution is 9.10. The third-order valence-electron chi connectivity index (χ3n) is 2.95. The molecule has 0 aromatic heterocycles. The van der Waals surface area contributed by atoms with Gasteiger partial charge in [-0.25, -0.2) is 4.39 Å². The normalized spacial score (nSPS) is 25.8. The molecule has 0 bridgehead atoms. The van der Waals surface area contributed by atoms with Gasteiger partial charge in [0, 0.05) is 13.5 Å². The number of halogens is 2. The summed E-state index contributed by atoms with van der Waals surface area (Å²) in [5.41, 5.74) is -0.469. The van der Waals surface area contributed by atoms with Crippen molar-refractivity contribution < 1.29 is 23.9 Å². The fourth-order valence-electron chi connectivity index (χ4n) is 1.93. The van der Waals surface area contributed by atoms with Crippen molar-refractivity contribution in [3.05, 3.63) is 32.5 Å². The molecule has 0 heterocycles. The molecule has 0 saturated heterocycles. The van der Waals surface area contributed by atoms with Crippen molar-refractivity contribution in [1.29, 1.82) is 0 Å². The molecule has 6 nitrogen and oxygen atoms in total. The molecule has 1 aromatic carbocycles. The minimum atomic E-state index is -0.733. The van der Waals surface area contributed by atoms with Gasteiger partial charge in [-0.2, -0.15) is 0 Å². The molecular weight excluding hydrogens is 325 g/mol. The van der Waals surface area contributed by atoms with Crippen LogP contribution in [-0.4, -0.2) is 35.5 Å². The molecule has 104 valence electrons. The van der Waals surface area contributed by atoms with E-state index in [4.69, 9.17) is 9.47 Å². The van der Waals surface area contributed by atoms with Gasteiger partial charge in [0.1, 0.15) is 18.0 Å². The molecule has 1 aliphatic carbocycles. The summed E-state index contributed by atoms with van der Waals surface area (Å²) in [6.45, 7) is 0. The van der Waals surface area contributed by atoms with Crippen molar-refractivity contribution in [3.8, 4) is 5.75 Å². The van der Waals surface area contributed by atoms with Crippen LogP contribution in [0.5, 0.6) is 5.75 Å². The second-order valence-electron chi connectivity index (χ2n) is 4.15. The first-order chi connectivity index (χ1) is 8.93. The third-order valence-corrected chi connectivity index (χ3v) is 3.54. The lowest BCUT2D eigenvalue weighted by Gasteiger charge is -2.39. The second-order valence-corrected chi connectivity index (χ2v) is 5.01. The summed E-state index contributed by atoms with van der Waals surface area (Å²) in [5.74, 6) is -0.798. The fraction of sp³-hybridized carbons (Fsp3) is 0.455. The van der Waals surface area contributed by atoms with E-state index in [-0.39, 0.29) is 10.2 Å². The zero-order valence-corrected chi connectivity index (χ0v) is 11.5. The number of hydrogen-bond donors (Lipinski definition) is 1. The maximum Gasteiger partial charge on any atom is 0.315 e. The van der Waals surface area contributed by atoms with Crippen LogP contribution in [-0.2, 0) is 4.74 Å². The highest BCUT2D eigenvalue weighted by Gasteiger charge is 2.43. The van der Waals surface area contributed by atoms with Gasteiger partial charge in [0.15, 0.2) is 0 Å². The monoisotopic (exact) mass is 335 g/mol. The summed E-state index contributed by atoms with van der Waals surface area (Å²) < 4.78 is 23.8. The molecule has 19 heavy (non-hydrogen) atoms. The molecule has 1 fully saturated rings. The van der Waals surface area contributed by atoms with Crippen molar-refractivity contribution in [1.82, 2.24) is 0 Å². The van der Waals surface area contributed by atoms with Crippen LogP contribution in [0, 0.1) is 15.9 Å². The highest BCUT2D eigenvalue weighted by Crippen LogP contribution is 2.39. The lowest BCUT2D eigenvalue weighted by atomic mass is 9.88. The number of nitro groups is 1. The highest BCUT2D eigenvalue weighted by atomic mass is 79.9. The Morgan fingerprint density at radius 2 is 2.26 bits per heavy atom. The second kappa shape index (κ2) is 5.40. The van der Waals surface area contributed by atoms with Crippen LogP contribution in [0.3, 0.4) is 0 Å². The van der Waals surface area contributed by atoms with Crippen molar-refractivity contribution in [2.24, 2.45) is 0 Å². The lowest BCUT2D eigenvalue weighted by molar-refractivity contribution is -0.386. The molecule has 0 aliphatic heterocycles. The first-order valence-corrected chi connectivity index (χ1v) is 6.24. The van der Waals surface area contributed by atoms with Crippen molar-refractivity contribution >= 4 is 21.6 Å². The van der Waals surface area contributed by atoms with Gasteiger partial charge in [0.05, 0.1) is 21.6 Å². The lowest BCUT2D eigenvalue weighted by Crippen LogP contribution is -2.54. The smallest absolute Gasteiger partial charge is 0.315 e. The van der Waals surface area contributed by atoms with E-state index >= 15 is 0 Å². The van der Waals surface area contributed by atoms with Crippen molar-refractivity contribution in [3.63, 3.8) is 0 Å². The van der Waals surface area contributed by atoms with Crippen LogP contribution >= 0.6 is 15.9 Å². The molecular formula is C11H11BrFNO5. The minimum absolute atomic E-state index is 0.0645. The summed E-state index contributed by atoms with van der Waals surface area (Å²) >= 11 is 3.03. The van der Waals surface area contributed by atoms with Crippen LogP contribution in [0.15, 0.2) is 16.6 Å². The van der Waals surface area contributed by atoms with Gasteiger partial charge in [0.2, 0.25) is 5.75 Å². The minimum Gasteiger partial charge on any atom is -0.480 e. The van der Waals surface area contributed by atoms with E-state index < -0.39 is 34.7 Å². The summed E-state index contributed by atoms with van der Waals surface area (Å²) in [5, 5.41) is 20.3. The van der Waals surface area contributed by atoms with Crippen LogP contribution < -0.4 is 4.74 Å². The predicted molar refractivity (Wildman–Crippen MR) is 66.6 cm³/mol. The van der Waals surface area contributed by atoms with Gasteiger partial charge in [-0.3, -0.25) is 10.1 Å². The molecule has 3 atom stereocenters. The number of nitro benzene ring substituents is 1. The molecule has 8 heteroatoms. The van der Waals surface area contributed by atoms with Crippen molar-refractivity contribution in [2.75, 3.05) is 7.11 Å². The van der Waals surface area contributed by atoms with Gasteiger partial charge in [-0.1, -0.05) is 0 Å². The number of hydrogen-bond acceptors (Lipinski definition) is 5. The Balaban J connectivity index is 2.27. The quantitative estimate of drug-likeness (QED) is 0.672. The first kappa shape index (κ1) is 14.2. The average Bonchev–Trinajstić information content (AvgIpc) is 2.30. The van der Waals surface area contributed by atoms with Crippen LogP contribution in [0.4, 0.5) is 10.1 Å². The maximum absolute atomic E-state index is 13.2. The van der Waals surface area contributed by atoms with Gasteiger partial charge < -0.3 is 14.6 Å². The van der Waals surface area contributed by atoms with Crippen LogP contribution in [0.2, 0.25) is 0 Å². The first-order valence-electron chi connectivity index (χ1n) is 5.45. The Labute approximate surface area is 116 Å². The Kier molecular flexibility index (Phi) is 4.02. The molecule has 1 saturated carbocycles. The third kappa shape index (κ3) is 2.70. The Hall–Kier alpha value is -1.25. The summed E-state index contributed by atoms with van der Waals surface area (Å²) in [6.07, 6.45) is -1.40. The summed E-state index contributed by atoms with van der Waals surface area (Å²) in [7, 11) is 1.41. The zero-order chi connectivity index (χ0) is 14.2. The van der Waals surface area contributed by atoms with Gasteiger partial charge in [0.25, 0.3) is 0 Å². The number of aliphatic hydroxyl groups excluding tert-OH is 1. The number of methoxy groups -OCH3 is 1. The number of ether oxygens (including phenoxy) is 2. The van der Waals surface area contributed by atoms with Crippen molar-refractivity contribution in [2.45, 2.75) is 24.7 Å². The molecule has 2 rings (SSSR count). The van der Waals surface area contributed by atoms with E-state index in [1.807, 2.05) is 0 Å². The molecule has 1 aromatic rings. The average molecular weight is 336 g/mol. The maximum atomic E-state index is 13.2. The fourth-order valence-corrected chi connectivity index (χ4v) is 2.45. The molecule has 1 aliphatic rings. The van der Waals surface area contributed by atoms with E-state index in [9.17, 15) is 19.6 Å². The molecule has 0 radical (unpaired) electrons. The van der Waals surface area contributed by atoms with Gasteiger partial charge >= 0.3 is 5.69 Å². The standard InChI is InChI=1S/C11H11BrFNO5/c1-18-11-8(15)4-9(11)19-10-6(12)2-5(13)3-7(10)14(16)17/h2-3,8-9,11,15H,4H2,1H3. The van der Waals surface area contributed by atoms with E-state index in [0.29, 0.717) is 6.42 Å². The Bertz CT molecular complexity index is 512. The predicted octanol–water partition coefficient (Wildman–Crippen LogP) is 2.02. The molecule has 1 N–H and O–H groups in total. The van der Waals surface area contributed by atoms with Crippen LogP contribution in [0.25, 0.3) is 0 Å². The Morgan fingerprint density at radius 3 is 2.79 bits per heavy atom. The van der Waals surface area contributed by atoms with E-state index in [0.717, 1.165) is 12.1 Å². The van der Waals surface area contributed by atoms with E-state index in [2.05, 4.69) is 15.9 Å². The number of aliphatic hydroxyl groups is 1. The van der Waals surface area contributed by atoms with Gasteiger partial charge in [-0.05, 0) is 22.0 Å².